The summed E-state index contributed by atoms with van der Waals surface area (Å²) in [5.74, 6) is 1.75. The van der Waals surface area contributed by atoms with E-state index in [0.717, 1.165) is 33.3 Å². The highest BCUT2D eigenvalue weighted by molar-refractivity contribution is 9.10. The van der Waals surface area contributed by atoms with Crippen molar-refractivity contribution in [3.05, 3.63) is 67.7 Å². The number of anilines is 1. The van der Waals surface area contributed by atoms with Gasteiger partial charge in [-0.05, 0) is 64.0 Å². The lowest BCUT2D eigenvalue weighted by Gasteiger charge is -2.38. The number of rotatable bonds is 4. The molecule has 0 fully saturated rings. The number of nitro groups is 1. The molecule has 146 valence electrons. The molecule has 1 heterocycles. The molecule has 0 aromatic heterocycles. The molecule has 0 spiro atoms. The van der Waals surface area contributed by atoms with Crippen LogP contribution in [0.3, 0.4) is 0 Å². The Morgan fingerprint density at radius 2 is 2.00 bits per heavy atom. The van der Waals surface area contributed by atoms with Crippen molar-refractivity contribution < 1.29 is 14.4 Å². The van der Waals surface area contributed by atoms with Gasteiger partial charge in [-0.15, -0.1) is 0 Å². The third kappa shape index (κ3) is 2.94. The number of methoxy groups -OCH3 is 2. The standard InChI is InChI=1S/C21H21BrN2O4/c1-11-7-13(24(25)26)10-16-14-5-4-6-15(14)20(23-19(11)16)12-8-17(22)21(28-3)18(9-12)27-2/h4-5,7-10,14-15,20,23H,6H2,1-3H3/t14-,15-,20+/m1/s1. The first kappa shape index (κ1) is 18.8. The van der Waals surface area contributed by atoms with E-state index >= 15 is 0 Å². The molecule has 3 atom stereocenters. The van der Waals surface area contributed by atoms with Gasteiger partial charge in [0.15, 0.2) is 11.5 Å². The van der Waals surface area contributed by atoms with Gasteiger partial charge in [0.2, 0.25) is 0 Å². The minimum atomic E-state index is -0.321. The molecule has 1 N–H and O–H groups in total. The van der Waals surface area contributed by atoms with Gasteiger partial charge < -0.3 is 14.8 Å². The number of hydrogen-bond donors (Lipinski definition) is 1. The molecule has 0 radical (unpaired) electrons. The van der Waals surface area contributed by atoms with Gasteiger partial charge >= 0.3 is 0 Å². The molecule has 2 aromatic carbocycles. The van der Waals surface area contributed by atoms with Gasteiger partial charge in [0.05, 0.1) is 29.7 Å². The Morgan fingerprint density at radius 3 is 2.68 bits per heavy atom. The number of nitrogens with one attached hydrogen (secondary N) is 1. The predicted octanol–water partition coefficient (Wildman–Crippen LogP) is 5.51. The van der Waals surface area contributed by atoms with Crippen LogP contribution in [-0.4, -0.2) is 19.1 Å². The average Bonchev–Trinajstić information content (AvgIpc) is 3.16. The number of fused-ring (bicyclic) bond motifs is 3. The highest BCUT2D eigenvalue weighted by Gasteiger charge is 2.39. The molecule has 1 aliphatic carbocycles. The van der Waals surface area contributed by atoms with Gasteiger partial charge in [-0.3, -0.25) is 10.1 Å². The third-order valence-corrected chi connectivity index (χ3v) is 6.27. The zero-order valence-electron chi connectivity index (χ0n) is 15.9. The number of allylic oxidation sites excluding steroid dienone is 2. The van der Waals surface area contributed by atoms with Crippen LogP contribution < -0.4 is 14.8 Å². The van der Waals surface area contributed by atoms with Crippen molar-refractivity contribution in [1.82, 2.24) is 0 Å². The molecular weight excluding hydrogens is 424 g/mol. The van der Waals surface area contributed by atoms with Crippen LogP contribution in [0.5, 0.6) is 11.5 Å². The zero-order valence-corrected chi connectivity index (χ0v) is 17.4. The van der Waals surface area contributed by atoms with Crippen molar-refractivity contribution in [3.63, 3.8) is 0 Å². The number of hydrogen-bond acceptors (Lipinski definition) is 5. The second kappa shape index (κ2) is 7.13. The minimum Gasteiger partial charge on any atom is -0.493 e. The maximum atomic E-state index is 11.3. The molecule has 1 aliphatic heterocycles. The first-order chi connectivity index (χ1) is 13.4. The number of nitrogens with zero attached hydrogens (tertiary/aromatic N) is 1. The molecule has 0 bridgehead atoms. The molecular formula is C21H21BrN2O4. The van der Waals surface area contributed by atoms with E-state index in [-0.39, 0.29) is 28.5 Å². The number of ether oxygens (including phenoxy) is 2. The Balaban J connectivity index is 1.82. The molecule has 28 heavy (non-hydrogen) atoms. The molecule has 0 saturated heterocycles. The first-order valence-electron chi connectivity index (χ1n) is 9.08. The summed E-state index contributed by atoms with van der Waals surface area (Å²) in [6.07, 6.45) is 5.26. The van der Waals surface area contributed by atoms with Gasteiger partial charge in [-0.2, -0.15) is 0 Å². The van der Waals surface area contributed by atoms with E-state index in [1.807, 2.05) is 13.0 Å². The Bertz CT molecular complexity index is 989. The molecule has 0 unspecified atom stereocenters. The number of nitro benzene ring substituents is 1. The fraction of sp³-hybridized carbons (Fsp3) is 0.333. The quantitative estimate of drug-likeness (QED) is 0.382. The Kier molecular flexibility index (Phi) is 4.79. The fourth-order valence-electron chi connectivity index (χ4n) is 4.42. The van der Waals surface area contributed by atoms with Gasteiger partial charge in [-0.1, -0.05) is 12.2 Å². The molecule has 6 nitrogen and oxygen atoms in total. The van der Waals surface area contributed by atoms with Crippen molar-refractivity contribution >= 4 is 27.3 Å². The third-order valence-electron chi connectivity index (χ3n) is 5.68. The highest BCUT2D eigenvalue weighted by atomic mass is 79.9. The van der Waals surface area contributed by atoms with E-state index in [2.05, 4.69) is 39.5 Å². The fourth-order valence-corrected chi connectivity index (χ4v) is 5.04. The molecule has 2 aliphatic rings. The van der Waals surface area contributed by atoms with Crippen LogP contribution >= 0.6 is 15.9 Å². The van der Waals surface area contributed by atoms with Gasteiger partial charge in [0.1, 0.15) is 0 Å². The summed E-state index contributed by atoms with van der Waals surface area (Å²) >= 11 is 3.59. The van der Waals surface area contributed by atoms with Crippen LogP contribution in [-0.2, 0) is 0 Å². The Hall–Kier alpha value is -2.54. The largest absolute Gasteiger partial charge is 0.493 e. The maximum Gasteiger partial charge on any atom is 0.270 e. The summed E-state index contributed by atoms with van der Waals surface area (Å²) in [4.78, 5) is 11.0. The van der Waals surface area contributed by atoms with E-state index in [1.165, 1.54) is 0 Å². The average molecular weight is 445 g/mol. The van der Waals surface area contributed by atoms with Crippen LogP contribution in [0, 0.1) is 23.0 Å². The monoisotopic (exact) mass is 444 g/mol. The first-order valence-corrected chi connectivity index (χ1v) is 9.87. The van der Waals surface area contributed by atoms with Crippen LogP contribution in [0.1, 0.15) is 35.1 Å². The second-order valence-corrected chi connectivity index (χ2v) is 8.05. The smallest absolute Gasteiger partial charge is 0.270 e. The summed E-state index contributed by atoms with van der Waals surface area (Å²) in [5, 5.41) is 15.0. The van der Waals surface area contributed by atoms with E-state index in [4.69, 9.17) is 9.47 Å². The van der Waals surface area contributed by atoms with Crippen molar-refractivity contribution in [1.29, 1.82) is 0 Å². The highest BCUT2D eigenvalue weighted by Crippen LogP contribution is 2.52. The zero-order chi connectivity index (χ0) is 20.0. The molecule has 2 aromatic rings. The minimum absolute atomic E-state index is 0.0590. The Morgan fingerprint density at radius 1 is 1.21 bits per heavy atom. The topological polar surface area (TPSA) is 73.6 Å². The SMILES string of the molecule is COc1cc([C@@H]2Nc3c(C)cc([N+](=O)[O-])cc3[C@@H]3C=CC[C@H]32)cc(Br)c1OC. The van der Waals surface area contributed by atoms with Crippen LogP contribution in [0.4, 0.5) is 11.4 Å². The lowest BCUT2D eigenvalue weighted by atomic mass is 9.76. The van der Waals surface area contributed by atoms with E-state index in [0.29, 0.717) is 11.5 Å². The van der Waals surface area contributed by atoms with Gasteiger partial charge in [-0.25, -0.2) is 0 Å². The van der Waals surface area contributed by atoms with Crippen LogP contribution in [0.2, 0.25) is 0 Å². The van der Waals surface area contributed by atoms with E-state index < -0.39 is 0 Å². The summed E-state index contributed by atoms with van der Waals surface area (Å²) in [6.45, 7) is 1.92. The predicted molar refractivity (Wildman–Crippen MR) is 111 cm³/mol. The number of non-ortho nitro benzene ring substituents is 1. The Labute approximate surface area is 171 Å². The van der Waals surface area contributed by atoms with Gasteiger partial charge in [0, 0.05) is 23.7 Å². The number of benzene rings is 2. The molecule has 7 heteroatoms. The molecule has 0 amide bonds. The van der Waals surface area contributed by atoms with Crippen molar-refractivity contribution in [2.45, 2.75) is 25.3 Å². The van der Waals surface area contributed by atoms with Crippen LogP contribution in [0.15, 0.2) is 40.9 Å². The lowest BCUT2D eigenvalue weighted by Crippen LogP contribution is -2.29. The van der Waals surface area contributed by atoms with E-state index in [9.17, 15) is 10.1 Å². The van der Waals surface area contributed by atoms with Crippen molar-refractivity contribution in [2.24, 2.45) is 5.92 Å². The summed E-state index contributed by atoms with van der Waals surface area (Å²) in [5.41, 5.74) is 4.10. The second-order valence-electron chi connectivity index (χ2n) is 7.20. The van der Waals surface area contributed by atoms with Gasteiger partial charge in [0.25, 0.3) is 5.69 Å². The van der Waals surface area contributed by atoms with E-state index in [1.54, 1.807) is 26.4 Å². The summed E-state index contributed by atoms with van der Waals surface area (Å²) < 4.78 is 11.8. The van der Waals surface area contributed by atoms with Crippen molar-refractivity contribution in [2.75, 3.05) is 19.5 Å². The number of aryl methyl sites for hydroxylation is 1. The maximum absolute atomic E-state index is 11.3. The lowest BCUT2D eigenvalue weighted by molar-refractivity contribution is -0.385. The van der Waals surface area contributed by atoms with Crippen LogP contribution in [0.25, 0.3) is 0 Å². The molecule has 4 rings (SSSR count). The number of halogens is 1. The normalized spacial score (nSPS) is 22.2. The summed E-state index contributed by atoms with van der Waals surface area (Å²) in [7, 11) is 3.24. The molecule has 0 saturated carbocycles. The van der Waals surface area contributed by atoms with Crippen molar-refractivity contribution in [3.8, 4) is 11.5 Å². The summed E-state index contributed by atoms with van der Waals surface area (Å²) in [6, 6.07) is 7.46.